The fourth-order valence-electron chi connectivity index (χ4n) is 3.76. The van der Waals surface area contributed by atoms with E-state index in [4.69, 9.17) is 11.6 Å². The van der Waals surface area contributed by atoms with Crippen LogP contribution in [-0.2, 0) is 5.41 Å². The molecule has 0 spiro atoms. The highest BCUT2D eigenvalue weighted by molar-refractivity contribution is 6.29. The number of hydrogen-bond acceptors (Lipinski definition) is 3. The molecule has 4 nitrogen and oxygen atoms in total. The molecule has 2 fully saturated rings. The van der Waals surface area contributed by atoms with Crippen LogP contribution in [0.4, 0.5) is 0 Å². The third-order valence-corrected chi connectivity index (χ3v) is 5.06. The first-order valence-corrected chi connectivity index (χ1v) is 7.54. The molecular weight excluding hydrogens is 260 g/mol. The molecule has 0 atom stereocenters. The molecule has 4 rings (SSSR count). The van der Waals surface area contributed by atoms with E-state index in [0.29, 0.717) is 16.3 Å². The normalized spacial score (nSPS) is 22.8. The average molecular weight is 277 g/mol. The number of rotatable bonds is 2. The van der Waals surface area contributed by atoms with Crippen molar-refractivity contribution in [3.05, 3.63) is 23.2 Å². The summed E-state index contributed by atoms with van der Waals surface area (Å²) in [5.41, 5.74) is 1.53. The summed E-state index contributed by atoms with van der Waals surface area (Å²) in [5.74, 6) is 1.46. The molecule has 2 aliphatic rings. The smallest absolute Gasteiger partial charge is 0.218 e. The zero-order chi connectivity index (χ0) is 12.9. The molecule has 0 N–H and O–H groups in total. The van der Waals surface area contributed by atoms with Gasteiger partial charge in [-0.3, -0.25) is 0 Å². The second kappa shape index (κ2) is 4.17. The average Bonchev–Trinajstić information content (AvgIpc) is 3.15. The lowest BCUT2D eigenvalue weighted by Crippen LogP contribution is -2.25. The van der Waals surface area contributed by atoms with Gasteiger partial charge in [-0.25, -0.2) is 9.97 Å². The highest BCUT2D eigenvalue weighted by Crippen LogP contribution is 2.57. The predicted molar refractivity (Wildman–Crippen MR) is 73.3 cm³/mol. The highest BCUT2D eigenvalue weighted by Gasteiger charge is 2.52. The zero-order valence-corrected chi connectivity index (χ0v) is 11.6. The Morgan fingerprint density at radius 1 is 1.11 bits per heavy atom. The molecule has 5 heteroatoms. The minimum absolute atomic E-state index is 0.305. The van der Waals surface area contributed by atoms with Crippen LogP contribution in [0.3, 0.4) is 0 Å². The standard InChI is InChI=1S/C14H17ClN4/c15-12-9-17-13-16-8-11(19(13)18-12)14(6-7-14)10-4-2-1-3-5-10/h8-10H,1-7H2. The molecule has 0 bridgehead atoms. The van der Waals surface area contributed by atoms with Crippen molar-refractivity contribution in [2.45, 2.75) is 50.4 Å². The van der Waals surface area contributed by atoms with Crippen molar-refractivity contribution >= 4 is 17.4 Å². The van der Waals surface area contributed by atoms with Gasteiger partial charge in [-0.15, -0.1) is 0 Å². The van der Waals surface area contributed by atoms with Gasteiger partial charge in [0.1, 0.15) is 0 Å². The number of fused-ring (bicyclic) bond motifs is 1. The lowest BCUT2D eigenvalue weighted by atomic mass is 9.76. The Morgan fingerprint density at radius 3 is 2.58 bits per heavy atom. The Labute approximate surface area is 117 Å². The van der Waals surface area contributed by atoms with E-state index in [9.17, 15) is 0 Å². The molecule has 2 heterocycles. The monoisotopic (exact) mass is 276 g/mol. The van der Waals surface area contributed by atoms with Crippen LogP contribution in [0.2, 0.25) is 5.15 Å². The minimum atomic E-state index is 0.305. The summed E-state index contributed by atoms with van der Waals surface area (Å²) in [7, 11) is 0. The van der Waals surface area contributed by atoms with Gasteiger partial charge in [-0.1, -0.05) is 30.9 Å². The molecule has 0 radical (unpaired) electrons. The molecule has 2 aromatic rings. The van der Waals surface area contributed by atoms with E-state index < -0.39 is 0 Å². The Balaban J connectivity index is 1.79. The number of nitrogens with zero attached hydrogens (tertiary/aromatic N) is 4. The van der Waals surface area contributed by atoms with Crippen molar-refractivity contribution in [3.63, 3.8) is 0 Å². The number of hydrogen-bond donors (Lipinski definition) is 0. The van der Waals surface area contributed by atoms with Gasteiger partial charge < -0.3 is 0 Å². The predicted octanol–water partition coefficient (Wildman–Crippen LogP) is 3.39. The van der Waals surface area contributed by atoms with Gasteiger partial charge in [-0.2, -0.15) is 9.61 Å². The van der Waals surface area contributed by atoms with Gasteiger partial charge in [-0.05, 0) is 31.6 Å². The fraction of sp³-hybridized carbons (Fsp3) is 0.643. The maximum absolute atomic E-state index is 5.98. The maximum Gasteiger partial charge on any atom is 0.250 e. The van der Waals surface area contributed by atoms with Crippen LogP contribution in [0.15, 0.2) is 12.4 Å². The Hall–Kier alpha value is -1.16. The molecule has 19 heavy (non-hydrogen) atoms. The third-order valence-electron chi connectivity index (χ3n) is 4.89. The number of imidazole rings is 1. The van der Waals surface area contributed by atoms with Crippen LogP contribution in [0, 0.1) is 5.92 Å². The Morgan fingerprint density at radius 2 is 1.84 bits per heavy atom. The van der Waals surface area contributed by atoms with Crippen LogP contribution in [0.1, 0.15) is 50.6 Å². The van der Waals surface area contributed by atoms with Crippen molar-refractivity contribution in [3.8, 4) is 0 Å². The van der Waals surface area contributed by atoms with Crippen molar-refractivity contribution < 1.29 is 0 Å². The lowest BCUT2D eigenvalue weighted by Gasteiger charge is -2.29. The molecular formula is C14H17ClN4. The second-order valence-corrected chi connectivity index (χ2v) is 6.31. The summed E-state index contributed by atoms with van der Waals surface area (Å²) in [6, 6.07) is 0. The van der Waals surface area contributed by atoms with E-state index in [0.717, 1.165) is 5.92 Å². The first kappa shape index (κ1) is 11.6. The molecule has 0 unspecified atom stereocenters. The summed E-state index contributed by atoms with van der Waals surface area (Å²) >= 11 is 5.98. The molecule has 0 saturated heterocycles. The third kappa shape index (κ3) is 1.76. The summed E-state index contributed by atoms with van der Waals surface area (Å²) in [6.45, 7) is 0. The molecule has 100 valence electrons. The van der Waals surface area contributed by atoms with E-state index in [1.807, 2.05) is 10.7 Å². The second-order valence-electron chi connectivity index (χ2n) is 5.93. The highest BCUT2D eigenvalue weighted by atomic mass is 35.5. The number of aromatic nitrogens is 4. The molecule has 0 amide bonds. The zero-order valence-electron chi connectivity index (χ0n) is 10.8. The van der Waals surface area contributed by atoms with E-state index in [-0.39, 0.29) is 0 Å². The van der Waals surface area contributed by atoms with Crippen molar-refractivity contribution in [2.24, 2.45) is 5.92 Å². The Kier molecular flexibility index (Phi) is 2.56. The van der Waals surface area contributed by atoms with Crippen LogP contribution >= 0.6 is 11.6 Å². The lowest BCUT2D eigenvalue weighted by molar-refractivity contribution is 0.283. The summed E-state index contributed by atoms with van der Waals surface area (Å²) < 4.78 is 1.87. The van der Waals surface area contributed by atoms with E-state index in [2.05, 4.69) is 15.1 Å². The molecule has 2 aliphatic carbocycles. The Bertz CT molecular complexity index is 611. The van der Waals surface area contributed by atoms with Crippen molar-refractivity contribution in [1.29, 1.82) is 0 Å². The molecule has 0 aromatic carbocycles. The van der Waals surface area contributed by atoms with Crippen molar-refractivity contribution in [2.75, 3.05) is 0 Å². The van der Waals surface area contributed by atoms with E-state index in [1.54, 1.807) is 6.20 Å². The van der Waals surface area contributed by atoms with Gasteiger partial charge >= 0.3 is 0 Å². The van der Waals surface area contributed by atoms with E-state index >= 15 is 0 Å². The first-order chi connectivity index (χ1) is 9.29. The fourth-order valence-corrected chi connectivity index (χ4v) is 3.88. The molecule has 0 aliphatic heterocycles. The molecule has 2 saturated carbocycles. The summed E-state index contributed by atoms with van der Waals surface area (Å²) in [6.07, 6.45) is 12.9. The van der Waals surface area contributed by atoms with Gasteiger partial charge in [0, 0.05) is 5.41 Å². The van der Waals surface area contributed by atoms with Crippen LogP contribution in [-0.4, -0.2) is 19.6 Å². The van der Waals surface area contributed by atoms with Gasteiger partial charge in [0.05, 0.1) is 18.1 Å². The van der Waals surface area contributed by atoms with Crippen LogP contribution in [0.25, 0.3) is 5.78 Å². The molecule has 2 aromatic heterocycles. The van der Waals surface area contributed by atoms with Crippen LogP contribution in [0.5, 0.6) is 0 Å². The summed E-state index contributed by atoms with van der Waals surface area (Å²) in [5, 5.41) is 4.83. The quantitative estimate of drug-likeness (QED) is 0.844. The summed E-state index contributed by atoms with van der Waals surface area (Å²) in [4.78, 5) is 8.64. The maximum atomic E-state index is 5.98. The first-order valence-electron chi connectivity index (χ1n) is 7.16. The topological polar surface area (TPSA) is 43.1 Å². The van der Waals surface area contributed by atoms with Gasteiger partial charge in [0.15, 0.2) is 5.15 Å². The SMILES string of the molecule is Clc1cnc2ncc(C3(C4CCCCC4)CC3)n2n1. The van der Waals surface area contributed by atoms with Crippen molar-refractivity contribution in [1.82, 2.24) is 19.6 Å². The van der Waals surface area contributed by atoms with Gasteiger partial charge in [0.2, 0.25) is 0 Å². The number of halogens is 1. The van der Waals surface area contributed by atoms with E-state index in [1.165, 1.54) is 50.6 Å². The largest absolute Gasteiger partial charge is 0.250 e. The minimum Gasteiger partial charge on any atom is -0.218 e. The van der Waals surface area contributed by atoms with Gasteiger partial charge in [0.25, 0.3) is 5.78 Å². The van der Waals surface area contributed by atoms with Crippen LogP contribution < -0.4 is 0 Å².